The van der Waals surface area contributed by atoms with Gasteiger partial charge >= 0.3 is 0 Å². The first-order valence-corrected chi connectivity index (χ1v) is 13.8. The number of aliphatic hydroxyl groups excluding tert-OH is 3. The van der Waals surface area contributed by atoms with Gasteiger partial charge in [-0.15, -0.1) is 0 Å². The van der Waals surface area contributed by atoms with Crippen LogP contribution in [0, 0.1) is 17.0 Å². The third-order valence-electron chi connectivity index (χ3n) is 8.26. The maximum Gasteiger partial charge on any atom is 0.237 e. The van der Waals surface area contributed by atoms with Gasteiger partial charge in [-0.05, 0) is 54.9 Å². The number of hydrogen-bond donors (Lipinski definition) is 6. The Labute approximate surface area is 237 Å². The highest BCUT2D eigenvalue weighted by atomic mass is 35.5. The second-order valence-electron chi connectivity index (χ2n) is 10.4. The van der Waals surface area contributed by atoms with Crippen LogP contribution in [0.1, 0.15) is 56.6 Å². The van der Waals surface area contributed by atoms with E-state index in [1.165, 1.54) is 30.3 Å². The zero-order valence-corrected chi connectivity index (χ0v) is 23.6. The SMILES string of the molecule is CCC(CC)(CO)CC1NC(C(=O)NCCC(O)CO)C(c2cccc(Cl)c2F)C1(N)c1ccc(Cl)cc1F. The zero-order chi connectivity index (χ0) is 29.0. The predicted molar refractivity (Wildman–Crippen MR) is 148 cm³/mol. The highest BCUT2D eigenvalue weighted by molar-refractivity contribution is 6.31. The fourth-order valence-electron chi connectivity index (χ4n) is 5.61. The summed E-state index contributed by atoms with van der Waals surface area (Å²) in [6.07, 6.45) is 0.507. The molecule has 39 heavy (non-hydrogen) atoms. The van der Waals surface area contributed by atoms with E-state index in [2.05, 4.69) is 10.6 Å². The quantitative estimate of drug-likeness (QED) is 0.225. The summed E-state index contributed by atoms with van der Waals surface area (Å²) in [5.74, 6) is -3.15. The molecule has 11 heteroatoms. The number of aliphatic hydroxyl groups is 3. The average Bonchev–Trinajstić information content (AvgIpc) is 3.20. The molecule has 7 N–H and O–H groups in total. The van der Waals surface area contributed by atoms with Gasteiger partial charge in [0.25, 0.3) is 0 Å². The number of halogens is 4. The Morgan fingerprint density at radius 3 is 2.49 bits per heavy atom. The van der Waals surface area contributed by atoms with E-state index in [9.17, 15) is 15.0 Å². The maximum atomic E-state index is 15.6. The van der Waals surface area contributed by atoms with Crippen molar-refractivity contribution >= 4 is 29.1 Å². The number of nitrogens with two attached hydrogens (primary N) is 1. The van der Waals surface area contributed by atoms with Crippen LogP contribution in [-0.4, -0.2) is 59.2 Å². The molecule has 3 rings (SSSR count). The summed E-state index contributed by atoms with van der Waals surface area (Å²) < 4.78 is 31.2. The number of hydrogen-bond acceptors (Lipinski definition) is 6. The van der Waals surface area contributed by atoms with Crippen LogP contribution in [0.5, 0.6) is 0 Å². The molecule has 1 saturated heterocycles. The van der Waals surface area contributed by atoms with Crippen LogP contribution in [0.15, 0.2) is 36.4 Å². The van der Waals surface area contributed by atoms with Gasteiger partial charge in [0, 0.05) is 35.7 Å². The molecule has 216 valence electrons. The highest BCUT2D eigenvalue weighted by Crippen LogP contribution is 2.50. The third kappa shape index (κ3) is 6.40. The molecule has 5 unspecified atom stereocenters. The van der Waals surface area contributed by atoms with Crippen molar-refractivity contribution in [1.82, 2.24) is 10.6 Å². The van der Waals surface area contributed by atoms with Crippen LogP contribution in [0.25, 0.3) is 0 Å². The van der Waals surface area contributed by atoms with Crippen molar-refractivity contribution in [3.8, 4) is 0 Å². The van der Waals surface area contributed by atoms with Gasteiger partial charge in [0.15, 0.2) is 0 Å². The lowest BCUT2D eigenvalue weighted by Crippen LogP contribution is -2.53. The fraction of sp³-hybridized carbons (Fsp3) is 0.536. The Balaban J connectivity index is 2.21. The van der Waals surface area contributed by atoms with Crippen molar-refractivity contribution in [3.63, 3.8) is 0 Å². The van der Waals surface area contributed by atoms with Gasteiger partial charge in [0.05, 0.1) is 29.3 Å². The van der Waals surface area contributed by atoms with Crippen LogP contribution in [0.4, 0.5) is 8.78 Å². The van der Waals surface area contributed by atoms with Crippen LogP contribution in [0.3, 0.4) is 0 Å². The third-order valence-corrected chi connectivity index (χ3v) is 8.79. The summed E-state index contributed by atoms with van der Waals surface area (Å²) in [6, 6.07) is 6.53. The summed E-state index contributed by atoms with van der Waals surface area (Å²) in [5.41, 5.74) is 4.99. The largest absolute Gasteiger partial charge is 0.396 e. The standard InChI is InChI=1S/C28H37Cl2F2N3O4/c1-3-27(4-2,15-37)13-22-28(33,19-9-8-16(29)12-21(19)31)23(18-6-5-7-20(30)24(18)32)25(35-22)26(39)34-11-10-17(38)14-36/h5-9,12,17,22-23,25,35-38H,3-4,10-11,13-15,33H2,1-2H3,(H,34,39). The molecule has 1 aliphatic heterocycles. The van der Waals surface area contributed by atoms with Gasteiger partial charge in [-0.25, -0.2) is 8.78 Å². The van der Waals surface area contributed by atoms with Crippen molar-refractivity contribution < 1.29 is 28.9 Å². The number of amides is 1. The van der Waals surface area contributed by atoms with Gasteiger partial charge in [-0.1, -0.05) is 55.2 Å². The average molecular weight is 589 g/mol. The number of benzene rings is 2. The van der Waals surface area contributed by atoms with Gasteiger partial charge in [0.2, 0.25) is 5.91 Å². The first-order valence-electron chi connectivity index (χ1n) is 13.1. The Bertz CT molecular complexity index is 1150. The van der Waals surface area contributed by atoms with Crippen LogP contribution >= 0.6 is 23.2 Å². The van der Waals surface area contributed by atoms with Gasteiger partial charge in [-0.3, -0.25) is 4.79 Å². The van der Waals surface area contributed by atoms with E-state index in [4.69, 9.17) is 34.0 Å². The molecule has 1 heterocycles. The summed E-state index contributed by atoms with van der Waals surface area (Å²) in [6.45, 7) is 3.27. The van der Waals surface area contributed by atoms with E-state index < -0.39 is 59.2 Å². The maximum absolute atomic E-state index is 15.6. The Hall–Kier alpha value is -1.85. The van der Waals surface area contributed by atoms with Crippen molar-refractivity contribution in [2.45, 2.75) is 69.2 Å². The van der Waals surface area contributed by atoms with Crippen molar-refractivity contribution in [1.29, 1.82) is 0 Å². The Morgan fingerprint density at radius 2 is 1.90 bits per heavy atom. The molecule has 7 nitrogen and oxygen atoms in total. The highest BCUT2D eigenvalue weighted by Gasteiger charge is 2.59. The van der Waals surface area contributed by atoms with Crippen LogP contribution < -0.4 is 16.4 Å². The second kappa shape index (κ2) is 13.2. The molecule has 2 aromatic carbocycles. The molecule has 5 atom stereocenters. The van der Waals surface area contributed by atoms with Crippen molar-refractivity contribution in [2.24, 2.45) is 11.1 Å². The van der Waals surface area contributed by atoms with E-state index in [0.717, 1.165) is 6.07 Å². The van der Waals surface area contributed by atoms with E-state index in [0.29, 0.717) is 12.8 Å². The van der Waals surface area contributed by atoms with Crippen LogP contribution in [-0.2, 0) is 10.3 Å². The molecule has 0 spiro atoms. The fourth-order valence-corrected chi connectivity index (χ4v) is 5.96. The molecule has 0 bridgehead atoms. The van der Waals surface area contributed by atoms with E-state index in [1.54, 1.807) is 0 Å². The Kier molecular flexibility index (Phi) is 10.7. The molecule has 1 amide bonds. The molecule has 0 aliphatic carbocycles. The predicted octanol–water partition coefficient (Wildman–Crippen LogP) is 3.60. The minimum absolute atomic E-state index is 0.0333. The molecule has 0 aromatic heterocycles. The van der Waals surface area contributed by atoms with E-state index in [1.807, 2.05) is 13.8 Å². The lowest BCUT2D eigenvalue weighted by atomic mass is 9.66. The zero-order valence-electron chi connectivity index (χ0n) is 22.1. The van der Waals surface area contributed by atoms with Crippen LogP contribution in [0.2, 0.25) is 10.0 Å². The minimum Gasteiger partial charge on any atom is -0.396 e. The minimum atomic E-state index is -1.67. The van der Waals surface area contributed by atoms with Gasteiger partial charge in [-0.2, -0.15) is 0 Å². The summed E-state index contributed by atoms with van der Waals surface area (Å²) in [5, 5.41) is 35.1. The Morgan fingerprint density at radius 1 is 1.21 bits per heavy atom. The molecule has 2 aromatic rings. The van der Waals surface area contributed by atoms with E-state index in [-0.39, 0.29) is 47.2 Å². The number of carbonyl (C=O) groups is 1. The lowest BCUT2D eigenvalue weighted by molar-refractivity contribution is -0.123. The van der Waals surface area contributed by atoms with Gasteiger partial charge in [0.1, 0.15) is 11.6 Å². The lowest BCUT2D eigenvalue weighted by Gasteiger charge is -2.41. The number of carbonyl (C=O) groups excluding carboxylic acids is 1. The molecular formula is C28H37Cl2F2N3O4. The first kappa shape index (κ1) is 31.7. The van der Waals surface area contributed by atoms with Crippen molar-refractivity contribution in [3.05, 3.63) is 69.2 Å². The molecular weight excluding hydrogens is 551 g/mol. The van der Waals surface area contributed by atoms with Crippen molar-refractivity contribution in [2.75, 3.05) is 19.8 Å². The summed E-state index contributed by atoms with van der Waals surface area (Å²) >= 11 is 12.2. The number of nitrogens with one attached hydrogen (secondary N) is 2. The second-order valence-corrected chi connectivity index (χ2v) is 11.2. The molecule has 0 radical (unpaired) electrons. The van der Waals surface area contributed by atoms with Gasteiger partial charge < -0.3 is 31.7 Å². The topological polar surface area (TPSA) is 128 Å². The monoisotopic (exact) mass is 587 g/mol. The summed E-state index contributed by atoms with van der Waals surface area (Å²) in [4.78, 5) is 13.6. The normalized spacial score (nSPS) is 24.1. The molecule has 0 saturated carbocycles. The summed E-state index contributed by atoms with van der Waals surface area (Å²) in [7, 11) is 0. The van der Waals surface area contributed by atoms with E-state index >= 15 is 8.78 Å². The smallest absolute Gasteiger partial charge is 0.237 e. The molecule has 1 fully saturated rings. The first-order chi connectivity index (χ1) is 18.5. The number of rotatable bonds is 12. The molecule has 1 aliphatic rings.